The minimum absolute atomic E-state index is 0.0405. The highest BCUT2D eigenvalue weighted by atomic mass is 35.5. The molecule has 1 aromatic heterocycles. The molecule has 11 heteroatoms. The molecule has 0 saturated carbocycles. The number of rotatable bonds is 3. The Morgan fingerprint density at radius 3 is 2.43 bits per heavy atom. The van der Waals surface area contributed by atoms with E-state index in [1.165, 1.54) is 18.2 Å². The molecule has 2 aromatic rings. The van der Waals surface area contributed by atoms with Crippen LogP contribution in [0.5, 0.6) is 0 Å². The molecule has 0 aliphatic heterocycles. The normalized spacial score (nSPS) is 11.2. The monoisotopic (exact) mass is 381 g/mol. The fourth-order valence-electron chi connectivity index (χ4n) is 1.60. The summed E-state index contributed by atoms with van der Waals surface area (Å²) in [7, 11) is 0. The molecule has 0 fully saturated rings. The smallest absolute Gasteiger partial charge is 0.375 e. The van der Waals surface area contributed by atoms with Gasteiger partial charge in [0.25, 0.3) is 0 Å². The Hall–Kier alpha value is -1.84. The molecule has 4 N–H and O–H groups in total. The number of hydrogen-bond donors (Lipinski definition) is 3. The van der Waals surface area contributed by atoms with Crippen LogP contribution in [-0.4, -0.2) is 15.1 Å². The molecule has 0 radical (unpaired) electrons. The summed E-state index contributed by atoms with van der Waals surface area (Å²) >= 11 is 16.3. The summed E-state index contributed by atoms with van der Waals surface area (Å²) < 4.78 is 39.0. The maximum absolute atomic E-state index is 13.0. The molecular formula is C12H8Cl2F3N5S. The summed E-state index contributed by atoms with van der Waals surface area (Å²) in [6.07, 6.45) is -4.67. The van der Waals surface area contributed by atoms with Crippen molar-refractivity contribution in [1.82, 2.24) is 15.4 Å². The maximum Gasteiger partial charge on any atom is 0.433 e. The zero-order chi connectivity index (χ0) is 17.2. The molecule has 0 atom stereocenters. The van der Waals surface area contributed by atoms with Crippen LogP contribution in [0.1, 0.15) is 5.69 Å². The fraction of sp³-hybridized carbons (Fsp3) is 0.0833. The lowest BCUT2D eigenvalue weighted by molar-refractivity contribution is -0.141. The number of hydrogen-bond acceptors (Lipinski definition) is 4. The molecule has 1 aromatic carbocycles. The van der Waals surface area contributed by atoms with Crippen LogP contribution in [0.4, 0.5) is 19.1 Å². The predicted octanol–water partition coefficient (Wildman–Crippen LogP) is 3.63. The highest BCUT2D eigenvalue weighted by Gasteiger charge is 2.34. The Balaban J connectivity index is 2.53. The third kappa shape index (κ3) is 4.57. The Kier molecular flexibility index (Phi) is 5.12. The first kappa shape index (κ1) is 17.5. The van der Waals surface area contributed by atoms with Crippen molar-refractivity contribution < 1.29 is 13.2 Å². The van der Waals surface area contributed by atoms with Crippen molar-refractivity contribution in [2.24, 2.45) is 5.73 Å². The van der Waals surface area contributed by atoms with Gasteiger partial charge in [-0.3, -0.25) is 10.9 Å². The minimum atomic E-state index is -4.67. The van der Waals surface area contributed by atoms with Crippen LogP contribution in [0.25, 0.3) is 11.3 Å². The van der Waals surface area contributed by atoms with Crippen LogP contribution in [0.15, 0.2) is 24.3 Å². The van der Waals surface area contributed by atoms with E-state index in [9.17, 15) is 13.2 Å². The summed E-state index contributed by atoms with van der Waals surface area (Å²) in [6.45, 7) is 0. The molecule has 2 rings (SSSR count). The fourth-order valence-corrected chi connectivity index (χ4v) is 2.16. The van der Waals surface area contributed by atoms with E-state index in [0.717, 1.165) is 6.07 Å². The second-order valence-corrected chi connectivity index (χ2v) is 5.48. The molecule has 0 aliphatic carbocycles. The Morgan fingerprint density at radius 2 is 1.87 bits per heavy atom. The zero-order valence-corrected chi connectivity index (χ0v) is 13.4. The lowest BCUT2D eigenvalue weighted by Crippen LogP contribution is -2.35. The van der Waals surface area contributed by atoms with Gasteiger partial charge in [0.15, 0.2) is 10.8 Å². The van der Waals surface area contributed by atoms with Crippen LogP contribution in [0, 0.1) is 0 Å². The van der Waals surface area contributed by atoms with E-state index in [2.05, 4.69) is 33.0 Å². The summed E-state index contributed by atoms with van der Waals surface area (Å²) in [5.41, 5.74) is 8.82. The van der Waals surface area contributed by atoms with E-state index in [1.807, 2.05) is 0 Å². The minimum Gasteiger partial charge on any atom is -0.375 e. The number of nitrogens with zero attached hydrogens (tertiary/aromatic N) is 2. The number of thiocarbonyl (C=S) groups is 1. The van der Waals surface area contributed by atoms with Crippen LogP contribution < -0.4 is 16.6 Å². The second-order valence-electron chi connectivity index (χ2n) is 4.20. The second kappa shape index (κ2) is 6.73. The molecule has 0 amide bonds. The van der Waals surface area contributed by atoms with Crippen LogP contribution in [-0.2, 0) is 6.18 Å². The molecule has 0 saturated heterocycles. The molecule has 122 valence electrons. The van der Waals surface area contributed by atoms with Crippen molar-refractivity contribution in [2.75, 3.05) is 5.43 Å². The summed E-state index contributed by atoms with van der Waals surface area (Å²) in [5, 5.41) is 0.312. The molecule has 0 spiro atoms. The van der Waals surface area contributed by atoms with Crippen molar-refractivity contribution in [3.05, 3.63) is 40.0 Å². The van der Waals surface area contributed by atoms with Crippen molar-refractivity contribution in [3.8, 4) is 11.3 Å². The van der Waals surface area contributed by atoms with E-state index >= 15 is 0 Å². The van der Waals surface area contributed by atoms with Gasteiger partial charge in [-0.15, -0.1) is 0 Å². The van der Waals surface area contributed by atoms with Gasteiger partial charge < -0.3 is 5.73 Å². The largest absolute Gasteiger partial charge is 0.433 e. The quantitative estimate of drug-likeness (QED) is 0.556. The Labute approximate surface area is 144 Å². The summed E-state index contributed by atoms with van der Waals surface area (Å²) in [6, 6.07) is 5.12. The number of anilines is 1. The van der Waals surface area contributed by atoms with Gasteiger partial charge in [0, 0.05) is 10.6 Å². The first-order valence-corrected chi connectivity index (χ1v) is 7.06. The predicted molar refractivity (Wildman–Crippen MR) is 86.0 cm³/mol. The standard InChI is InChI=1S/C12H8Cl2F3N5S/c13-5-1-2-6(7(14)3-5)8-4-9(12(15,16)17)20-11(19-8)22-21-10(18)23/h1-4H,(H3,18,21,23)(H,19,20,22). The number of nitrogens with two attached hydrogens (primary N) is 1. The number of nitrogens with one attached hydrogen (secondary N) is 2. The van der Waals surface area contributed by atoms with E-state index in [-0.39, 0.29) is 27.3 Å². The average molecular weight is 382 g/mol. The van der Waals surface area contributed by atoms with E-state index < -0.39 is 11.9 Å². The molecule has 0 aliphatic rings. The number of benzene rings is 1. The number of alkyl halides is 3. The Bertz CT molecular complexity index is 754. The van der Waals surface area contributed by atoms with Gasteiger partial charge in [-0.1, -0.05) is 23.2 Å². The average Bonchev–Trinajstić information content (AvgIpc) is 2.44. The molecular weight excluding hydrogens is 374 g/mol. The maximum atomic E-state index is 13.0. The molecule has 5 nitrogen and oxygen atoms in total. The highest BCUT2D eigenvalue weighted by Crippen LogP contribution is 2.34. The van der Waals surface area contributed by atoms with Crippen LogP contribution in [0.2, 0.25) is 10.0 Å². The topological polar surface area (TPSA) is 75.9 Å². The first-order valence-electron chi connectivity index (χ1n) is 5.90. The van der Waals surface area contributed by atoms with Gasteiger partial charge in [0.05, 0.1) is 10.7 Å². The first-order chi connectivity index (χ1) is 10.7. The van der Waals surface area contributed by atoms with Gasteiger partial charge in [-0.2, -0.15) is 13.2 Å². The lowest BCUT2D eigenvalue weighted by atomic mass is 10.1. The summed E-state index contributed by atoms with van der Waals surface area (Å²) in [4.78, 5) is 7.31. The molecule has 23 heavy (non-hydrogen) atoms. The van der Waals surface area contributed by atoms with E-state index in [4.69, 9.17) is 28.9 Å². The van der Waals surface area contributed by atoms with Crippen molar-refractivity contribution in [3.63, 3.8) is 0 Å². The molecule has 1 heterocycles. The number of hydrazine groups is 1. The molecule has 0 bridgehead atoms. The van der Waals surface area contributed by atoms with Crippen molar-refractivity contribution in [1.29, 1.82) is 0 Å². The van der Waals surface area contributed by atoms with E-state index in [1.54, 1.807) is 0 Å². The third-order valence-electron chi connectivity index (χ3n) is 2.52. The van der Waals surface area contributed by atoms with Gasteiger partial charge in [0.2, 0.25) is 5.95 Å². The van der Waals surface area contributed by atoms with Crippen molar-refractivity contribution >= 4 is 46.5 Å². The van der Waals surface area contributed by atoms with E-state index in [0.29, 0.717) is 5.02 Å². The van der Waals surface area contributed by atoms with Gasteiger partial charge in [0.1, 0.15) is 0 Å². The molecule has 0 unspecified atom stereocenters. The lowest BCUT2D eigenvalue weighted by Gasteiger charge is -2.13. The SMILES string of the molecule is NC(=S)NNc1nc(-c2ccc(Cl)cc2Cl)cc(C(F)(F)F)n1. The van der Waals surface area contributed by atoms with Crippen LogP contribution in [0.3, 0.4) is 0 Å². The Morgan fingerprint density at radius 1 is 1.17 bits per heavy atom. The number of aromatic nitrogens is 2. The van der Waals surface area contributed by atoms with Gasteiger partial charge in [-0.25, -0.2) is 9.97 Å². The summed E-state index contributed by atoms with van der Waals surface area (Å²) in [5.74, 6) is -0.367. The zero-order valence-electron chi connectivity index (χ0n) is 11.1. The highest BCUT2D eigenvalue weighted by molar-refractivity contribution is 7.80. The third-order valence-corrected chi connectivity index (χ3v) is 3.17. The van der Waals surface area contributed by atoms with Crippen LogP contribution >= 0.6 is 35.4 Å². The number of halogens is 5. The van der Waals surface area contributed by atoms with Gasteiger partial charge >= 0.3 is 6.18 Å². The van der Waals surface area contributed by atoms with Crippen molar-refractivity contribution in [2.45, 2.75) is 6.18 Å². The van der Waals surface area contributed by atoms with Gasteiger partial charge in [-0.05, 0) is 36.5 Å².